The summed E-state index contributed by atoms with van der Waals surface area (Å²) in [6.45, 7) is 0.722. The van der Waals surface area contributed by atoms with E-state index in [9.17, 15) is 14.4 Å². The van der Waals surface area contributed by atoms with Crippen molar-refractivity contribution in [3.05, 3.63) is 102 Å². The van der Waals surface area contributed by atoms with Gasteiger partial charge in [-0.05, 0) is 42.0 Å². The van der Waals surface area contributed by atoms with E-state index >= 15 is 0 Å². The Morgan fingerprint density at radius 2 is 1.70 bits per heavy atom. The highest BCUT2D eigenvalue weighted by Crippen LogP contribution is 2.51. The second-order valence-corrected chi connectivity index (χ2v) is 9.96. The molecule has 1 aliphatic heterocycles. The molecule has 10 heteroatoms. The van der Waals surface area contributed by atoms with Crippen molar-refractivity contribution in [3.63, 3.8) is 0 Å². The van der Waals surface area contributed by atoms with Gasteiger partial charge in [-0.2, -0.15) is 0 Å². The maximum Gasteiger partial charge on any atom is 0.407 e. The molecule has 3 aromatic rings. The van der Waals surface area contributed by atoms with Gasteiger partial charge in [-0.15, -0.1) is 0 Å². The molecule has 2 heterocycles. The number of guanidine groups is 1. The van der Waals surface area contributed by atoms with E-state index in [1.54, 1.807) is 18.5 Å². The summed E-state index contributed by atoms with van der Waals surface area (Å²) in [5.74, 6) is -0.509. The normalized spacial score (nSPS) is 20.9. The molecule has 0 unspecified atom stereocenters. The number of hydrogen-bond acceptors (Lipinski definition) is 7. The summed E-state index contributed by atoms with van der Waals surface area (Å²) >= 11 is 0. The number of ether oxygens (including phenoxy) is 1. The average Bonchev–Trinajstić information content (AvgIpc) is 3.67. The molecule has 0 radical (unpaired) electrons. The van der Waals surface area contributed by atoms with E-state index in [1.165, 1.54) is 12.0 Å². The lowest BCUT2D eigenvalue weighted by atomic mass is 9.83. The van der Waals surface area contributed by atoms with Gasteiger partial charge in [0, 0.05) is 31.4 Å². The van der Waals surface area contributed by atoms with Crippen molar-refractivity contribution in [2.45, 2.75) is 36.3 Å². The first-order valence-electron chi connectivity index (χ1n) is 13.2. The molecule has 1 aliphatic carbocycles. The summed E-state index contributed by atoms with van der Waals surface area (Å²) < 4.78 is 4.76. The monoisotopic (exact) mass is 540 g/mol. The van der Waals surface area contributed by atoms with Crippen LogP contribution in [0.3, 0.4) is 0 Å². The van der Waals surface area contributed by atoms with Crippen molar-refractivity contribution in [1.29, 1.82) is 0 Å². The Balaban J connectivity index is 1.21. The van der Waals surface area contributed by atoms with Crippen molar-refractivity contribution >= 4 is 23.9 Å². The lowest BCUT2D eigenvalue weighted by Gasteiger charge is -2.27. The van der Waals surface area contributed by atoms with Crippen LogP contribution in [-0.4, -0.2) is 59.5 Å². The van der Waals surface area contributed by atoms with Crippen LogP contribution in [0.4, 0.5) is 4.79 Å². The summed E-state index contributed by atoms with van der Waals surface area (Å²) in [6, 6.07) is 22.5. The van der Waals surface area contributed by atoms with Gasteiger partial charge in [0.15, 0.2) is 11.5 Å². The molecule has 10 nitrogen and oxygen atoms in total. The van der Waals surface area contributed by atoms with Crippen LogP contribution in [0, 0.1) is 0 Å². The zero-order valence-electron chi connectivity index (χ0n) is 22.2. The fourth-order valence-corrected chi connectivity index (χ4v) is 5.38. The Morgan fingerprint density at radius 1 is 1.02 bits per heavy atom. The maximum absolute atomic E-state index is 13.9. The van der Waals surface area contributed by atoms with Crippen molar-refractivity contribution < 1.29 is 19.1 Å². The van der Waals surface area contributed by atoms with Crippen molar-refractivity contribution in [2.24, 2.45) is 10.7 Å². The number of nitrogens with one attached hydrogen (secondary N) is 2. The van der Waals surface area contributed by atoms with Gasteiger partial charge < -0.3 is 21.1 Å². The summed E-state index contributed by atoms with van der Waals surface area (Å²) in [6.07, 6.45) is 4.33. The number of nitrogens with two attached hydrogens (primary N) is 1. The minimum absolute atomic E-state index is 0.167. The molecule has 4 N–H and O–H groups in total. The predicted molar refractivity (Wildman–Crippen MR) is 149 cm³/mol. The van der Waals surface area contributed by atoms with Crippen molar-refractivity contribution in [1.82, 2.24) is 20.5 Å². The summed E-state index contributed by atoms with van der Waals surface area (Å²) in [7, 11) is 1.27. The number of rotatable bonds is 10. The van der Waals surface area contributed by atoms with E-state index in [2.05, 4.69) is 15.6 Å². The molecule has 5 rings (SSSR count). The Bertz CT molecular complexity index is 1360. The van der Waals surface area contributed by atoms with Crippen LogP contribution in [0.5, 0.6) is 0 Å². The summed E-state index contributed by atoms with van der Waals surface area (Å²) in [5.41, 5.74) is 6.36. The Morgan fingerprint density at radius 3 is 2.30 bits per heavy atom. The number of hydrogen-bond donors (Lipinski definition) is 3. The molecule has 40 heavy (non-hydrogen) atoms. The van der Waals surface area contributed by atoms with Gasteiger partial charge in [0.2, 0.25) is 5.91 Å². The molecular formula is C30H32N6O4. The predicted octanol–water partition coefficient (Wildman–Crippen LogP) is 2.66. The Hall–Kier alpha value is -4.73. The third-order valence-electron chi connectivity index (χ3n) is 7.55. The van der Waals surface area contributed by atoms with Crippen LogP contribution in [0.2, 0.25) is 0 Å². The van der Waals surface area contributed by atoms with Crippen LogP contribution in [0.1, 0.15) is 41.9 Å². The number of alkyl carbamates (subject to hydrolysis) is 1. The van der Waals surface area contributed by atoms with Crippen molar-refractivity contribution in [2.75, 3.05) is 20.2 Å². The van der Waals surface area contributed by atoms with Gasteiger partial charge in [0.25, 0.3) is 5.91 Å². The van der Waals surface area contributed by atoms with Gasteiger partial charge in [-0.3, -0.25) is 19.5 Å². The van der Waals surface area contributed by atoms with Gasteiger partial charge in [0.05, 0.1) is 7.11 Å². The van der Waals surface area contributed by atoms with Crippen molar-refractivity contribution in [3.8, 4) is 0 Å². The largest absolute Gasteiger partial charge is 0.453 e. The lowest BCUT2D eigenvalue weighted by molar-refractivity contribution is -0.130. The van der Waals surface area contributed by atoms with Crippen LogP contribution in [-0.2, 0) is 19.9 Å². The highest BCUT2D eigenvalue weighted by molar-refractivity contribution is 6.09. The maximum atomic E-state index is 13.9. The standard InChI is InChI=1S/C30H32N6O4/c1-40-28(39)35-29(19-24(29)21-11-10-16-32-20-21)25(37)33-17-8-9-18-36-26(38)30(34-27(36)31,22-12-4-2-5-13-22)23-14-6-3-7-15-23/h2-7,10-16,20,24H,8-9,17-19H2,1H3,(H2,31,34)(H,33,37)(H,35,39)/t24-,29-/m1/s1. The number of aromatic nitrogens is 1. The molecule has 0 saturated heterocycles. The highest BCUT2D eigenvalue weighted by Gasteiger charge is 2.62. The van der Waals surface area contributed by atoms with E-state index < -0.39 is 17.2 Å². The van der Waals surface area contributed by atoms with E-state index in [-0.39, 0.29) is 23.7 Å². The van der Waals surface area contributed by atoms with Gasteiger partial charge in [-0.1, -0.05) is 66.7 Å². The fraction of sp³-hybridized carbons (Fsp3) is 0.300. The first kappa shape index (κ1) is 26.9. The molecule has 0 bridgehead atoms. The smallest absolute Gasteiger partial charge is 0.407 e. The van der Waals surface area contributed by atoms with Gasteiger partial charge in [0.1, 0.15) is 5.54 Å². The molecule has 206 valence electrons. The first-order valence-corrected chi connectivity index (χ1v) is 13.2. The molecule has 1 aromatic heterocycles. The van der Waals surface area contributed by atoms with E-state index in [4.69, 9.17) is 15.5 Å². The zero-order chi connectivity index (χ0) is 28.2. The van der Waals surface area contributed by atoms with E-state index in [0.29, 0.717) is 32.4 Å². The number of benzene rings is 2. The number of carbonyl (C=O) groups is 3. The third-order valence-corrected chi connectivity index (χ3v) is 7.55. The SMILES string of the molecule is COC(=O)N[C@]1(C(=O)NCCCCN2C(=O)C(c3ccccc3)(c3ccccc3)N=C2N)C[C@@H]1c1cccnc1. The molecule has 2 aliphatic rings. The molecule has 3 amide bonds. The van der Waals surface area contributed by atoms with E-state index in [1.807, 2.05) is 66.7 Å². The first-order chi connectivity index (χ1) is 19.4. The van der Waals surface area contributed by atoms with Gasteiger partial charge >= 0.3 is 6.09 Å². The molecule has 0 spiro atoms. The number of aliphatic imine (C=N–C) groups is 1. The quantitative estimate of drug-likeness (QED) is 0.338. The summed E-state index contributed by atoms with van der Waals surface area (Å²) in [4.78, 5) is 49.4. The molecular weight excluding hydrogens is 508 g/mol. The lowest BCUT2D eigenvalue weighted by Crippen LogP contribution is -2.50. The van der Waals surface area contributed by atoms with Crippen LogP contribution in [0.15, 0.2) is 90.2 Å². The average molecular weight is 541 g/mol. The highest BCUT2D eigenvalue weighted by atomic mass is 16.5. The minimum atomic E-state index is -1.24. The molecule has 1 saturated carbocycles. The molecule has 2 aromatic carbocycles. The topological polar surface area (TPSA) is 139 Å². The van der Waals surface area contributed by atoms with E-state index in [0.717, 1.165) is 16.7 Å². The number of methoxy groups -OCH3 is 1. The van der Waals surface area contributed by atoms with Gasteiger partial charge in [-0.25, -0.2) is 9.79 Å². The zero-order valence-corrected chi connectivity index (χ0v) is 22.2. The number of carbonyl (C=O) groups excluding carboxylic acids is 3. The summed E-state index contributed by atoms with van der Waals surface area (Å²) in [5, 5.41) is 5.65. The van der Waals surface area contributed by atoms with Crippen LogP contribution in [0.25, 0.3) is 0 Å². The molecule has 2 atom stereocenters. The minimum Gasteiger partial charge on any atom is -0.453 e. The second-order valence-electron chi connectivity index (χ2n) is 9.96. The molecule has 1 fully saturated rings. The number of pyridine rings is 1. The third kappa shape index (κ3) is 4.88. The fourth-order valence-electron chi connectivity index (χ4n) is 5.38. The van der Waals surface area contributed by atoms with Crippen LogP contribution >= 0.6 is 0 Å². The number of nitrogens with zero attached hydrogens (tertiary/aromatic N) is 3. The number of amides is 3. The Labute approximate surface area is 232 Å². The Kier molecular flexibility index (Phi) is 7.50. The number of unbranched alkanes of at least 4 members (excludes halogenated alkanes) is 1. The second kappa shape index (κ2) is 11.2. The van der Waals surface area contributed by atoms with Crippen LogP contribution < -0.4 is 16.4 Å².